The number of halogens is 2. The minimum absolute atomic E-state index is 0.223. The van der Waals surface area contributed by atoms with E-state index < -0.39 is 0 Å². The van der Waals surface area contributed by atoms with Gasteiger partial charge in [-0.1, -0.05) is 57.9 Å². The lowest BCUT2D eigenvalue weighted by atomic mass is 9.94. The number of fused-ring (bicyclic) bond motifs is 2. The van der Waals surface area contributed by atoms with Crippen LogP contribution in [0.5, 0.6) is 0 Å². The van der Waals surface area contributed by atoms with Crippen molar-refractivity contribution in [2.45, 2.75) is 11.2 Å². The van der Waals surface area contributed by atoms with Gasteiger partial charge in [0.25, 0.3) is 0 Å². The third-order valence-electron chi connectivity index (χ3n) is 3.55. The molecule has 0 amide bonds. The van der Waals surface area contributed by atoms with E-state index in [2.05, 4.69) is 34.1 Å². The second-order valence-corrected chi connectivity index (χ2v) is 6.29. The van der Waals surface area contributed by atoms with Crippen molar-refractivity contribution in [3.63, 3.8) is 0 Å². The topological polar surface area (TPSA) is 23.8 Å². The van der Waals surface area contributed by atoms with Crippen molar-refractivity contribution < 1.29 is 0 Å². The Kier molecular flexibility index (Phi) is 3.65. The maximum atomic E-state index is 9.12. The van der Waals surface area contributed by atoms with Crippen molar-refractivity contribution in [1.29, 1.82) is 5.26 Å². The standard InChI is InChI=1S/C17H11BrClN/c18-17-10-11-9-12(19)5-6-13(11)15(7-8-20)14-3-1-2-4-16(14)17/h1-7,9,17H,10H2. The Morgan fingerprint density at radius 2 is 2.00 bits per heavy atom. The van der Waals surface area contributed by atoms with Crippen LogP contribution >= 0.6 is 27.5 Å². The number of hydrogen-bond donors (Lipinski definition) is 0. The first-order chi connectivity index (χ1) is 9.70. The van der Waals surface area contributed by atoms with Crippen LogP contribution in [-0.4, -0.2) is 0 Å². The first-order valence-electron chi connectivity index (χ1n) is 6.32. The molecule has 1 aliphatic carbocycles. The summed E-state index contributed by atoms with van der Waals surface area (Å²) in [6, 6.07) is 16.2. The van der Waals surface area contributed by atoms with Gasteiger partial charge >= 0.3 is 0 Å². The molecule has 0 saturated carbocycles. The average molecular weight is 345 g/mol. The van der Waals surface area contributed by atoms with E-state index >= 15 is 0 Å². The number of nitrogens with zero attached hydrogens (tertiary/aromatic N) is 1. The maximum absolute atomic E-state index is 9.12. The van der Waals surface area contributed by atoms with Gasteiger partial charge in [0.1, 0.15) is 0 Å². The van der Waals surface area contributed by atoms with Gasteiger partial charge in [-0.15, -0.1) is 0 Å². The molecule has 0 aliphatic heterocycles. The van der Waals surface area contributed by atoms with Crippen molar-refractivity contribution in [3.8, 4) is 6.07 Å². The lowest BCUT2D eigenvalue weighted by Crippen LogP contribution is -1.95. The number of nitriles is 1. The Bertz CT molecular complexity index is 743. The van der Waals surface area contributed by atoms with Gasteiger partial charge in [0.2, 0.25) is 0 Å². The molecule has 1 atom stereocenters. The minimum Gasteiger partial charge on any atom is -0.193 e. The zero-order valence-corrected chi connectivity index (χ0v) is 12.9. The summed E-state index contributed by atoms with van der Waals surface area (Å²) < 4.78 is 0. The first kappa shape index (κ1) is 13.4. The third kappa shape index (κ3) is 2.28. The second kappa shape index (κ2) is 5.44. The monoisotopic (exact) mass is 343 g/mol. The fraction of sp³-hybridized carbons (Fsp3) is 0.118. The van der Waals surface area contributed by atoms with Gasteiger partial charge in [0.05, 0.1) is 6.07 Å². The van der Waals surface area contributed by atoms with E-state index in [1.165, 1.54) is 5.56 Å². The predicted molar refractivity (Wildman–Crippen MR) is 86.0 cm³/mol. The van der Waals surface area contributed by atoms with E-state index in [1.807, 2.05) is 30.3 Å². The summed E-state index contributed by atoms with van der Waals surface area (Å²) in [7, 11) is 0. The summed E-state index contributed by atoms with van der Waals surface area (Å²) in [5, 5.41) is 9.85. The highest BCUT2D eigenvalue weighted by Gasteiger charge is 2.23. The lowest BCUT2D eigenvalue weighted by molar-refractivity contribution is 0.954. The normalized spacial score (nSPS) is 18.9. The number of hydrogen-bond acceptors (Lipinski definition) is 1. The lowest BCUT2D eigenvalue weighted by Gasteiger charge is -2.11. The fourth-order valence-electron chi connectivity index (χ4n) is 2.68. The van der Waals surface area contributed by atoms with Crippen LogP contribution in [0, 0.1) is 11.3 Å². The molecule has 2 aromatic carbocycles. The van der Waals surface area contributed by atoms with Crippen molar-refractivity contribution in [1.82, 2.24) is 0 Å². The highest BCUT2D eigenvalue weighted by Crippen LogP contribution is 2.41. The molecule has 1 unspecified atom stereocenters. The number of allylic oxidation sites excluding steroid dienone is 1. The molecule has 0 fully saturated rings. The molecule has 0 radical (unpaired) electrons. The van der Waals surface area contributed by atoms with Crippen LogP contribution < -0.4 is 0 Å². The summed E-state index contributed by atoms with van der Waals surface area (Å²) in [5.41, 5.74) is 5.54. The van der Waals surface area contributed by atoms with Gasteiger partial charge in [0, 0.05) is 15.9 Å². The second-order valence-electron chi connectivity index (χ2n) is 4.75. The number of alkyl halides is 1. The smallest absolute Gasteiger partial charge is 0.0918 e. The van der Waals surface area contributed by atoms with Crippen molar-refractivity contribution in [2.75, 3.05) is 0 Å². The van der Waals surface area contributed by atoms with E-state index in [0.717, 1.165) is 33.7 Å². The molecular weight excluding hydrogens is 334 g/mol. The van der Waals surface area contributed by atoms with E-state index in [9.17, 15) is 0 Å². The quantitative estimate of drug-likeness (QED) is 0.471. The van der Waals surface area contributed by atoms with Crippen molar-refractivity contribution >= 4 is 33.1 Å². The number of benzene rings is 2. The molecule has 0 N–H and O–H groups in total. The molecule has 0 bridgehead atoms. The van der Waals surface area contributed by atoms with Crippen LogP contribution in [0.2, 0.25) is 5.02 Å². The van der Waals surface area contributed by atoms with E-state index in [1.54, 1.807) is 6.08 Å². The predicted octanol–water partition coefficient (Wildman–Crippen LogP) is 5.29. The SMILES string of the molecule is N#CC=C1c2ccc(Cl)cc2CC(Br)c2ccccc21. The van der Waals surface area contributed by atoms with Crippen LogP contribution in [0.25, 0.3) is 5.57 Å². The van der Waals surface area contributed by atoms with Crippen LogP contribution in [0.3, 0.4) is 0 Å². The summed E-state index contributed by atoms with van der Waals surface area (Å²) in [6.45, 7) is 0. The Balaban J connectivity index is 2.32. The summed E-state index contributed by atoms with van der Waals surface area (Å²) in [5.74, 6) is 0. The Morgan fingerprint density at radius 1 is 1.20 bits per heavy atom. The number of rotatable bonds is 0. The minimum atomic E-state index is 0.223. The molecule has 0 saturated heterocycles. The zero-order valence-electron chi connectivity index (χ0n) is 10.6. The molecule has 20 heavy (non-hydrogen) atoms. The Morgan fingerprint density at radius 3 is 2.80 bits per heavy atom. The highest BCUT2D eigenvalue weighted by atomic mass is 79.9. The fourth-order valence-corrected chi connectivity index (χ4v) is 3.62. The summed E-state index contributed by atoms with van der Waals surface area (Å²) in [4.78, 5) is 0.223. The van der Waals surface area contributed by atoms with E-state index in [0.29, 0.717) is 0 Å². The Hall–Kier alpha value is -1.56. The summed E-state index contributed by atoms with van der Waals surface area (Å²) in [6.07, 6.45) is 2.48. The van der Waals surface area contributed by atoms with Crippen LogP contribution in [-0.2, 0) is 6.42 Å². The maximum Gasteiger partial charge on any atom is 0.0918 e. The van der Waals surface area contributed by atoms with Crippen LogP contribution in [0.4, 0.5) is 0 Å². The molecule has 2 aromatic rings. The molecule has 3 rings (SSSR count). The van der Waals surface area contributed by atoms with Crippen LogP contribution in [0.1, 0.15) is 27.1 Å². The molecule has 0 aromatic heterocycles. The van der Waals surface area contributed by atoms with Crippen molar-refractivity contribution in [2.24, 2.45) is 0 Å². The van der Waals surface area contributed by atoms with E-state index in [-0.39, 0.29) is 4.83 Å². The van der Waals surface area contributed by atoms with Gasteiger partial charge in [-0.2, -0.15) is 5.26 Å². The van der Waals surface area contributed by atoms with Crippen LogP contribution in [0.15, 0.2) is 48.5 Å². The average Bonchev–Trinajstić information content (AvgIpc) is 2.56. The molecule has 3 heteroatoms. The molecule has 98 valence electrons. The molecule has 1 nitrogen and oxygen atoms in total. The first-order valence-corrected chi connectivity index (χ1v) is 7.62. The molecule has 1 aliphatic rings. The van der Waals surface area contributed by atoms with Gasteiger partial charge in [0.15, 0.2) is 0 Å². The largest absolute Gasteiger partial charge is 0.193 e. The zero-order chi connectivity index (χ0) is 14.1. The van der Waals surface area contributed by atoms with E-state index in [4.69, 9.17) is 16.9 Å². The van der Waals surface area contributed by atoms with Gasteiger partial charge in [-0.05, 0) is 46.4 Å². The molecular formula is C17H11BrClN. The summed E-state index contributed by atoms with van der Waals surface area (Å²) >= 11 is 9.87. The molecule has 0 spiro atoms. The molecule has 0 heterocycles. The van der Waals surface area contributed by atoms with Gasteiger partial charge < -0.3 is 0 Å². The van der Waals surface area contributed by atoms with Gasteiger partial charge in [-0.3, -0.25) is 0 Å². The Labute approximate surface area is 131 Å². The van der Waals surface area contributed by atoms with Crippen molar-refractivity contribution in [3.05, 3.63) is 75.8 Å². The van der Waals surface area contributed by atoms with Gasteiger partial charge in [-0.25, -0.2) is 0 Å². The highest BCUT2D eigenvalue weighted by molar-refractivity contribution is 9.09. The third-order valence-corrected chi connectivity index (χ3v) is 4.61.